The summed E-state index contributed by atoms with van der Waals surface area (Å²) in [7, 11) is -10.9. The van der Waals surface area contributed by atoms with E-state index in [2.05, 4.69) is 19.0 Å². The lowest BCUT2D eigenvalue weighted by Crippen LogP contribution is -2.70. The predicted octanol–water partition coefficient (Wildman–Crippen LogP) is -14.6. The summed E-state index contributed by atoms with van der Waals surface area (Å²) in [4.78, 5) is 25.0. The van der Waals surface area contributed by atoms with Crippen LogP contribution >= 0.6 is 0 Å². The second-order valence-corrected chi connectivity index (χ2v) is 24.0. The lowest BCUT2D eigenvalue weighted by Gasteiger charge is -2.52. The van der Waals surface area contributed by atoms with E-state index in [9.17, 15) is 123 Å². The number of nitrogens with one attached hydrogen (secondary N) is 2. The lowest BCUT2D eigenvalue weighted by atomic mass is 9.94. The van der Waals surface area contributed by atoms with Gasteiger partial charge in [-0.1, -0.05) is 0 Å². The molecule has 90 heavy (non-hydrogen) atoms. The SMILES string of the molecule is CC(=O)N[C@H]1[C@H](OC[C@@H](O)[C@H](O)[C@H](O[C@@H]2O[C@H](CO)[C@H](O[C@@H]3O[C@H](CO)[C@H](O)[C@H](O)[C@H]3O[C@@H]3O[C@@H](C)[C@@H](O)[C@@H](O)[C@@H]3O)[C@H](O[C@@H]3O[C@H](CO)[C@H](O)[C@H](OS(=O)(=O)O)[C@H]3O)[C@H]2O[C@@H]2O[C@@H](C)[C@@H](O)[C@@H](O)[C@@H]2O)[C@H](CO)NC(C)=O)O[C@H](COS(=O)(=O)O)[C@@H](O)[C@@H]1O. The van der Waals surface area contributed by atoms with Gasteiger partial charge in [-0.2, -0.15) is 16.8 Å². The quantitative estimate of drug-likeness (QED) is 0.0340. The van der Waals surface area contributed by atoms with Gasteiger partial charge < -0.3 is 159 Å². The summed E-state index contributed by atoms with van der Waals surface area (Å²) in [5.41, 5.74) is 0. The fourth-order valence-corrected chi connectivity index (χ4v) is 11.3. The van der Waals surface area contributed by atoms with Crippen LogP contribution in [0.3, 0.4) is 0 Å². The standard InChI is InChI=1S/C46H80N2O40S2/c1-11-22(56)29(63)32(66)42(77-11)85-38-31(65)25(59)17(6-50)80-45(38)84-36-19(8-52)81-46(40(87-43-33(67)30(64)23(57)12(2)78-43)39(36)86-44-34(68)37(88-90(72,73)74)27(61)18(7-51)79-44)83-35(15(5-49)47-13(3)53)24(58)16(55)9-75-41-21(48-14(4)54)28(62)26(60)20(82-41)10-76-89(69,70)71/h11-12,15-46,49-52,55-68H,5-10H2,1-4H3,(H,47,53)(H,48,54)(H,69,70,71)(H,72,73,74)/t11-,12-,15-,16+,17+,18+,19+,20+,21+,22+,23+,24-,25-,26+,27-,28+,29+,30+,31-,32-,33-,34+,35+,36-,37-,38+,39-,40+,41+,42-,43-,44-,45-,46-/m0/s1. The zero-order chi connectivity index (χ0) is 67.3. The molecule has 34 atom stereocenters. The second kappa shape index (κ2) is 32.5. The average molecular weight is 1370 g/mol. The van der Waals surface area contributed by atoms with E-state index in [4.69, 9.17) is 61.4 Å². The molecular weight excluding hydrogens is 1280 g/mol. The van der Waals surface area contributed by atoms with Crippen molar-refractivity contribution >= 4 is 32.6 Å². The largest absolute Gasteiger partial charge is 0.397 e. The number of carbonyl (C=O) groups is 2. The number of hydrogen-bond acceptors (Lipinski definition) is 38. The molecule has 0 unspecified atom stereocenters. The lowest BCUT2D eigenvalue weighted by molar-refractivity contribution is -0.418. The Balaban J connectivity index is 1.49. The minimum Gasteiger partial charge on any atom is -0.394 e. The van der Waals surface area contributed by atoms with E-state index in [0.29, 0.717) is 0 Å². The van der Waals surface area contributed by atoms with Gasteiger partial charge in [0.2, 0.25) is 11.8 Å². The fourth-order valence-electron chi connectivity index (χ4n) is 10.5. The Morgan fingerprint density at radius 2 is 0.956 bits per heavy atom. The molecule has 0 radical (unpaired) electrons. The van der Waals surface area contributed by atoms with Gasteiger partial charge in [-0.3, -0.25) is 18.7 Å². The van der Waals surface area contributed by atoms with E-state index in [1.54, 1.807) is 0 Å². The molecule has 0 aromatic heterocycles. The fraction of sp³-hybridized carbons (Fsp3) is 0.957. The molecule has 2 amide bonds. The highest BCUT2D eigenvalue weighted by atomic mass is 32.3. The monoisotopic (exact) mass is 1360 g/mol. The average Bonchev–Trinajstić information content (AvgIpc) is 1.12. The van der Waals surface area contributed by atoms with Gasteiger partial charge in [0.05, 0.1) is 57.9 Å². The van der Waals surface area contributed by atoms with Gasteiger partial charge in [0.1, 0.15) is 153 Å². The van der Waals surface area contributed by atoms with Crippen molar-refractivity contribution in [1.29, 1.82) is 0 Å². The number of ether oxygens (including phenoxy) is 12. The summed E-state index contributed by atoms with van der Waals surface area (Å²) in [6.07, 6.45) is -70.4. The normalized spacial score (nSPS) is 44.4. The Morgan fingerprint density at radius 3 is 1.47 bits per heavy atom. The Morgan fingerprint density at radius 1 is 0.478 bits per heavy atom. The topological polar surface area (TPSA) is 660 Å². The van der Waals surface area contributed by atoms with Gasteiger partial charge in [-0.05, 0) is 13.8 Å². The molecule has 6 fully saturated rings. The molecular formula is C46H80N2O40S2. The van der Waals surface area contributed by atoms with Gasteiger partial charge in [-0.15, -0.1) is 0 Å². The minimum absolute atomic E-state index is 0.884. The van der Waals surface area contributed by atoms with Crippen molar-refractivity contribution in [1.82, 2.24) is 10.6 Å². The number of aliphatic hydroxyl groups is 18. The van der Waals surface area contributed by atoms with Crippen LogP contribution in [0, 0.1) is 0 Å². The molecule has 0 aromatic carbocycles. The van der Waals surface area contributed by atoms with Gasteiger partial charge >= 0.3 is 20.8 Å². The zero-order valence-electron chi connectivity index (χ0n) is 47.8. The highest BCUT2D eigenvalue weighted by Crippen LogP contribution is 2.39. The number of hydrogen-bond donors (Lipinski definition) is 22. The van der Waals surface area contributed by atoms with E-state index in [0.717, 1.165) is 20.8 Å². The summed E-state index contributed by atoms with van der Waals surface area (Å²) in [5.74, 6) is -1.90. The Kier molecular flexibility index (Phi) is 27.6. The van der Waals surface area contributed by atoms with Crippen LogP contribution in [0.1, 0.15) is 27.7 Å². The van der Waals surface area contributed by atoms with E-state index >= 15 is 0 Å². The first-order chi connectivity index (χ1) is 42.0. The van der Waals surface area contributed by atoms with E-state index in [1.807, 2.05) is 0 Å². The van der Waals surface area contributed by atoms with Crippen LogP contribution < -0.4 is 10.6 Å². The second-order valence-electron chi connectivity index (χ2n) is 21.8. The molecule has 0 bridgehead atoms. The van der Waals surface area contributed by atoms with E-state index < -0.39 is 281 Å². The molecule has 526 valence electrons. The molecule has 6 aliphatic heterocycles. The highest BCUT2D eigenvalue weighted by Gasteiger charge is 2.60. The summed E-state index contributed by atoms with van der Waals surface area (Å²) >= 11 is 0. The molecule has 0 saturated carbocycles. The molecule has 6 aliphatic rings. The van der Waals surface area contributed by atoms with Gasteiger partial charge in [0, 0.05) is 13.8 Å². The summed E-state index contributed by atoms with van der Waals surface area (Å²) in [6.45, 7) is -3.34. The summed E-state index contributed by atoms with van der Waals surface area (Å²) in [5, 5.41) is 203. The maximum atomic E-state index is 12.8. The molecule has 44 heteroatoms. The number of carbonyl (C=O) groups excluding carboxylic acids is 2. The highest BCUT2D eigenvalue weighted by molar-refractivity contribution is 7.81. The van der Waals surface area contributed by atoms with Crippen molar-refractivity contribution < 1.29 is 193 Å². The zero-order valence-corrected chi connectivity index (χ0v) is 49.4. The molecule has 6 saturated heterocycles. The predicted molar refractivity (Wildman–Crippen MR) is 275 cm³/mol. The molecule has 0 aliphatic carbocycles. The summed E-state index contributed by atoms with van der Waals surface area (Å²) < 4.78 is 146. The third kappa shape index (κ3) is 18.5. The number of amides is 2. The first kappa shape index (κ1) is 76.5. The van der Waals surface area contributed by atoms with Gasteiger partial charge in [-0.25, -0.2) is 8.37 Å². The van der Waals surface area contributed by atoms with Crippen LogP contribution in [0.4, 0.5) is 0 Å². The number of aliphatic hydroxyl groups excluding tert-OH is 18. The maximum absolute atomic E-state index is 12.8. The molecule has 42 nitrogen and oxygen atoms in total. The van der Waals surface area contributed by atoms with Crippen molar-refractivity contribution in [3.63, 3.8) is 0 Å². The maximum Gasteiger partial charge on any atom is 0.397 e. The Bertz CT molecular complexity index is 2500. The van der Waals surface area contributed by atoms with E-state index in [1.165, 1.54) is 6.92 Å². The smallest absolute Gasteiger partial charge is 0.394 e. The molecule has 6 rings (SSSR count). The Hall–Kier alpha value is -2.52. The van der Waals surface area contributed by atoms with Crippen LogP contribution in [0.25, 0.3) is 0 Å². The number of rotatable bonds is 27. The van der Waals surface area contributed by atoms with Crippen LogP contribution in [0.15, 0.2) is 0 Å². The van der Waals surface area contributed by atoms with Crippen LogP contribution in [-0.4, -0.2) is 378 Å². The van der Waals surface area contributed by atoms with Crippen molar-refractivity contribution in [2.45, 2.75) is 236 Å². The van der Waals surface area contributed by atoms with E-state index in [-0.39, 0.29) is 0 Å². The van der Waals surface area contributed by atoms with Gasteiger partial charge in [0.15, 0.2) is 37.7 Å². The third-order valence-corrected chi connectivity index (χ3v) is 16.2. The van der Waals surface area contributed by atoms with Crippen molar-refractivity contribution in [3.8, 4) is 0 Å². The van der Waals surface area contributed by atoms with Crippen molar-refractivity contribution in [2.75, 3.05) is 39.6 Å². The van der Waals surface area contributed by atoms with Gasteiger partial charge in [0.25, 0.3) is 0 Å². The molecule has 22 N–H and O–H groups in total. The Labute approximate surface area is 510 Å². The van der Waals surface area contributed by atoms with Crippen molar-refractivity contribution in [2.24, 2.45) is 0 Å². The van der Waals surface area contributed by atoms with Crippen molar-refractivity contribution in [3.05, 3.63) is 0 Å². The molecule has 0 spiro atoms. The van der Waals surface area contributed by atoms with Crippen LogP contribution in [-0.2, 0) is 95.6 Å². The summed E-state index contributed by atoms with van der Waals surface area (Å²) in [6, 6.07) is -3.76. The minimum atomic E-state index is -5.67. The molecule has 6 heterocycles. The van der Waals surface area contributed by atoms with Crippen LogP contribution in [0.5, 0.6) is 0 Å². The molecule has 0 aromatic rings. The van der Waals surface area contributed by atoms with Crippen LogP contribution in [0.2, 0.25) is 0 Å². The third-order valence-electron chi connectivity index (χ3n) is 15.3. The first-order valence-electron chi connectivity index (χ1n) is 27.6. The first-order valence-corrected chi connectivity index (χ1v) is 30.3.